The molecule has 0 aliphatic heterocycles. The van der Waals surface area contributed by atoms with Crippen molar-refractivity contribution in [3.05, 3.63) is 199 Å². The van der Waals surface area contributed by atoms with Crippen molar-refractivity contribution in [3.8, 4) is 61.8 Å². The Bertz CT molecular complexity index is 3120. The minimum absolute atomic E-state index is 0.110. The lowest BCUT2D eigenvalue weighted by atomic mass is 9.81. The molecule has 0 amide bonds. The van der Waals surface area contributed by atoms with E-state index in [-0.39, 0.29) is 5.41 Å². The summed E-state index contributed by atoms with van der Waals surface area (Å²) in [7, 11) is 0. The lowest BCUT2D eigenvalue weighted by molar-refractivity contribution is 0.660. The maximum absolute atomic E-state index is 5.33. The van der Waals surface area contributed by atoms with Gasteiger partial charge in [0, 0.05) is 38.6 Å². The van der Waals surface area contributed by atoms with Gasteiger partial charge in [-0.25, -0.2) is 9.97 Å². The van der Waals surface area contributed by atoms with Crippen LogP contribution < -0.4 is 0 Å². The van der Waals surface area contributed by atoms with Crippen LogP contribution in [0.3, 0.4) is 0 Å². The standard InChI is InChI=1S/C53H37N3/c1-53(2)46-21-11-8-18-42(46)43-27-26-37(32-47(43)53)39-29-40(31-41(30-39)56-50-22-12-9-19-44(50)45-20-10-13-23-51(45)56)49-33-48(54-52(55-49)35-15-4-3-5-16-35)38-25-24-34-14-6-7-17-36(34)28-38/h3-33H,1-2H3. The molecule has 264 valence electrons. The summed E-state index contributed by atoms with van der Waals surface area (Å²) >= 11 is 0. The third-order valence-corrected chi connectivity index (χ3v) is 11.8. The number of para-hydroxylation sites is 2. The molecule has 56 heavy (non-hydrogen) atoms. The SMILES string of the molecule is CC1(C)c2ccccc2-c2ccc(-c3cc(-c4cc(-c5ccc6ccccc6c5)nc(-c5ccccc5)n4)cc(-n4c5ccccc5c5ccccc54)c3)cc21. The molecule has 3 heteroatoms. The van der Waals surface area contributed by atoms with Crippen molar-refractivity contribution in [1.29, 1.82) is 0 Å². The molecule has 0 atom stereocenters. The van der Waals surface area contributed by atoms with Gasteiger partial charge in [0.05, 0.1) is 22.4 Å². The molecule has 0 bridgehead atoms. The van der Waals surface area contributed by atoms with Gasteiger partial charge < -0.3 is 4.57 Å². The van der Waals surface area contributed by atoms with E-state index in [0.29, 0.717) is 5.82 Å². The Hall–Kier alpha value is -7.10. The van der Waals surface area contributed by atoms with E-state index in [1.165, 1.54) is 60.4 Å². The third kappa shape index (κ3) is 5.12. The summed E-state index contributed by atoms with van der Waals surface area (Å²) in [5.41, 5.74) is 15.9. The highest BCUT2D eigenvalue weighted by molar-refractivity contribution is 6.09. The van der Waals surface area contributed by atoms with Crippen molar-refractivity contribution in [2.75, 3.05) is 0 Å². The van der Waals surface area contributed by atoms with E-state index in [0.717, 1.165) is 39.3 Å². The molecule has 11 rings (SSSR count). The van der Waals surface area contributed by atoms with Crippen LogP contribution in [0.1, 0.15) is 25.0 Å². The molecule has 0 saturated carbocycles. The summed E-state index contributed by atoms with van der Waals surface area (Å²) in [6.07, 6.45) is 0. The zero-order valence-corrected chi connectivity index (χ0v) is 31.2. The summed E-state index contributed by atoms with van der Waals surface area (Å²) in [6.45, 7) is 4.70. The fraction of sp³-hybridized carbons (Fsp3) is 0.0566. The number of nitrogens with zero attached hydrogens (tertiary/aromatic N) is 3. The van der Waals surface area contributed by atoms with Gasteiger partial charge in [-0.05, 0) is 92.7 Å². The highest BCUT2D eigenvalue weighted by Crippen LogP contribution is 2.50. The van der Waals surface area contributed by atoms with Gasteiger partial charge in [0.1, 0.15) is 0 Å². The molecule has 0 fully saturated rings. The molecule has 0 spiro atoms. The van der Waals surface area contributed by atoms with Crippen LogP contribution in [0, 0.1) is 0 Å². The highest BCUT2D eigenvalue weighted by atomic mass is 15.0. The number of fused-ring (bicyclic) bond motifs is 7. The lowest BCUT2D eigenvalue weighted by Gasteiger charge is -2.22. The van der Waals surface area contributed by atoms with E-state index >= 15 is 0 Å². The predicted molar refractivity (Wildman–Crippen MR) is 233 cm³/mol. The normalized spacial score (nSPS) is 13.0. The fourth-order valence-corrected chi connectivity index (χ4v) is 8.95. The highest BCUT2D eigenvalue weighted by Gasteiger charge is 2.35. The Labute approximate surface area is 326 Å². The van der Waals surface area contributed by atoms with Crippen molar-refractivity contribution in [1.82, 2.24) is 14.5 Å². The topological polar surface area (TPSA) is 30.7 Å². The summed E-state index contributed by atoms with van der Waals surface area (Å²) in [4.78, 5) is 10.5. The van der Waals surface area contributed by atoms with Gasteiger partial charge in [0.2, 0.25) is 0 Å². The van der Waals surface area contributed by atoms with E-state index in [9.17, 15) is 0 Å². The molecule has 2 aromatic heterocycles. The quantitative estimate of drug-likeness (QED) is 0.178. The Kier molecular flexibility index (Phi) is 7.20. The van der Waals surface area contributed by atoms with Crippen molar-refractivity contribution in [2.24, 2.45) is 0 Å². The Morgan fingerprint density at radius 3 is 1.79 bits per heavy atom. The molecule has 0 N–H and O–H groups in total. The van der Waals surface area contributed by atoms with Gasteiger partial charge in [-0.2, -0.15) is 0 Å². The fourth-order valence-electron chi connectivity index (χ4n) is 8.95. The summed E-state index contributed by atoms with van der Waals surface area (Å²) < 4.78 is 2.41. The molecular weight excluding hydrogens is 679 g/mol. The first-order valence-electron chi connectivity index (χ1n) is 19.3. The van der Waals surface area contributed by atoms with Gasteiger partial charge in [-0.3, -0.25) is 0 Å². The molecule has 8 aromatic carbocycles. The van der Waals surface area contributed by atoms with Crippen molar-refractivity contribution in [3.63, 3.8) is 0 Å². The predicted octanol–water partition coefficient (Wildman–Crippen LogP) is 13.7. The molecule has 10 aromatic rings. The molecule has 1 aliphatic carbocycles. The van der Waals surface area contributed by atoms with Crippen LogP contribution in [-0.2, 0) is 5.41 Å². The number of benzene rings is 8. The van der Waals surface area contributed by atoms with Gasteiger partial charge in [-0.1, -0.05) is 153 Å². The van der Waals surface area contributed by atoms with Crippen LogP contribution in [0.5, 0.6) is 0 Å². The van der Waals surface area contributed by atoms with E-state index in [2.05, 4.69) is 200 Å². The van der Waals surface area contributed by atoms with Gasteiger partial charge >= 0.3 is 0 Å². The first-order valence-corrected chi connectivity index (χ1v) is 19.3. The Morgan fingerprint density at radius 1 is 0.393 bits per heavy atom. The molecule has 0 radical (unpaired) electrons. The Morgan fingerprint density at radius 2 is 1.00 bits per heavy atom. The van der Waals surface area contributed by atoms with Gasteiger partial charge in [-0.15, -0.1) is 0 Å². The van der Waals surface area contributed by atoms with Crippen LogP contribution in [-0.4, -0.2) is 14.5 Å². The summed E-state index contributed by atoms with van der Waals surface area (Å²) in [5, 5.41) is 4.86. The average Bonchev–Trinajstić information content (AvgIpc) is 3.71. The minimum atomic E-state index is -0.110. The maximum atomic E-state index is 5.33. The second-order valence-electron chi connectivity index (χ2n) is 15.5. The van der Waals surface area contributed by atoms with E-state index in [1.807, 2.05) is 6.07 Å². The van der Waals surface area contributed by atoms with Gasteiger partial charge in [0.25, 0.3) is 0 Å². The number of hydrogen-bond donors (Lipinski definition) is 0. The first kappa shape index (κ1) is 32.3. The molecule has 1 aliphatic rings. The van der Waals surface area contributed by atoms with E-state index < -0.39 is 0 Å². The molecule has 0 saturated heterocycles. The maximum Gasteiger partial charge on any atom is 0.160 e. The first-order chi connectivity index (χ1) is 27.5. The third-order valence-electron chi connectivity index (χ3n) is 11.8. The molecular formula is C53H37N3. The monoisotopic (exact) mass is 715 g/mol. The van der Waals surface area contributed by atoms with Crippen molar-refractivity contribution in [2.45, 2.75) is 19.3 Å². The summed E-state index contributed by atoms with van der Waals surface area (Å²) in [5.74, 6) is 0.701. The van der Waals surface area contributed by atoms with E-state index in [1.54, 1.807) is 0 Å². The van der Waals surface area contributed by atoms with Crippen LogP contribution in [0.15, 0.2) is 188 Å². The smallest absolute Gasteiger partial charge is 0.160 e. The van der Waals surface area contributed by atoms with E-state index in [4.69, 9.17) is 9.97 Å². The van der Waals surface area contributed by atoms with Crippen LogP contribution in [0.4, 0.5) is 0 Å². The Balaban J connectivity index is 1.17. The van der Waals surface area contributed by atoms with Crippen LogP contribution >= 0.6 is 0 Å². The second kappa shape index (κ2) is 12.5. The van der Waals surface area contributed by atoms with Gasteiger partial charge in [0.15, 0.2) is 5.82 Å². The molecule has 0 unspecified atom stereocenters. The number of rotatable bonds is 5. The van der Waals surface area contributed by atoms with Crippen molar-refractivity contribution >= 4 is 32.6 Å². The second-order valence-corrected chi connectivity index (χ2v) is 15.5. The van der Waals surface area contributed by atoms with Crippen LogP contribution in [0.2, 0.25) is 0 Å². The van der Waals surface area contributed by atoms with Crippen molar-refractivity contribution < 1.29 is 0 Å². The number of hydrogen-bond acceptors (Lipinski definition) is 2. The van der Waals surface area contributed by atoms with Crippen LogP contribution in [0.25, 0.3) is 94.4 Å². The summed E-state index contributed by atoms with van der Waals surface area (Å²) in [6, 6.07) is 67.9. The lowest BCUT2D eigenvalue weighted by Crippen LogP contribution is -2.14. The number of aromatic nitrogens is 3. The zero-order valence-electron chi connectivity index (χ0n) is 31.2. The minimum Gasteiger partial charge on any atom is -0.309 e. The molecule has 2 heterocycles. The largest absolute Gasteiger partial charge is 0.309 e. The zero-order chi connectivity index (χ0) is 37.4. The molecule has 3 nitrogen and oxygen atoms in total. The average molecular weight is 716 g/mol.